The number of aromatic nitrogens is 1. The van der Waals surface area contributed by atoms with E-state index in [1.807, 2.05) is 5.38 Å². The van der Waals surface area contributed by atoms with Crippen LogP contribution in [0.3, 0.4) is 0 Å². The minimum atomic E-state index is -0.376. The number of rotatable bonds is 5. The van der Waals surface area contributed by atoms with Gasteiger partial charge in [-0.2, -0.15) is 0 Å². The van der Waals surface area contributed by atoms with Crippen LogP contribution in [0.1, 0.15) is 69.0 Å². The Morgan fingerprint density at radius 3 is 2.74 bits per heavy atom. The molecule has 1 N–H and O–H groups in total. The second-order valence-electron chi connectivity index (χ2n) is 7.07. The number of carbonyl (C=O) groups is 2. The van der Waals surface area contributed by atoms with Gasteiger partial charge in [-0.3, -0.25) is 9.69 Å². The van der Waals surface area contributed by atoms with Gasteiger partial charge < -0.3 is 5.32 Å². The summed E-state index contributed by atoms with van der Waals surface area (Å²) in [7, 11) is 0. The minimum absolute atomic E-state index is 0.115. The van der Waals surface area contributed by atoms with Crippen molar-refractivity contribution in [1.82, 2.24) is 15.2 Å². The molecule has 2 heterocycles. The molecule has 1 aromatic rings. The second-order valence-corrected chi connectivity index (χ2v) is 7.96. The van der Waals surface area contributed by atoms with Gasteiger partial charge in [-0.15, -0.1) is 11.3 Å². The van der Waals surface area contributed by atoms with Crippen molar-refractivity contribution in [2.24, 2.45) is 5.92 Å². The van der Waals surface area contributed by atoms with Gasteiger partial charge in [-0.1, -0.05) is 33.1 Å². The molecule has 6 heteroatoms. The lowest BCUT2D eigenvalue weighted by Gasteiger charge is -2.19. The number of nitrogens with one attached hydrogen (secondary N) is 1. The SMILES string of the molecule is CC(C)C[C@@H]1NC(=O)N(Cc2csc(C3CCCCC3)n2)C1=O. The monoisotopic (exact) mass is 335 g/mol. The van der Waals surface area contributed by atoms with Crippen LogP contribution in [0.2, 0.25) is 0 Å². The number of carbonyl (C=O) groups excluding carboxylic acids is 2. The van der Waals surface area contributed by atoms with Crippen LogP contribution in [0.5, 0.6) is 0 Å². The fourth-order valence-corrected chi connectivity index (χ4v) is 4.43. The Balaban J connectivity index is 1.64. The third kappa shape index (κ3) is 3.74. The Hall–Kier alpha value is -1.43. The highest BCUT2D eigenvalue weighted by Gasteiger charge is 2.38. The molecule has 1 aliphatic heterocycles. The van der Waals surface area contributed by atoms with E-state index in [9.17, 15) is 9.59 Å². The van der Waals surface area contributed by atoms with Gasteiger partial charge in [0.05, 0.1) is 17.2 Å². The number of amides is 3. The zero-order valence-electron chi connectivity index (χ0n) is 13.9. The fourth-order valence-electron chi connectivity index (χ4n) is 3.45. The summed E-state index contributed by atoms with van der Waals surface area (Å²) in [6.45, 7) is 4.40. The van der Waals surface area contributed by atoms with Gasteiger partial charge in [0, 0.05) is 11.3 Å². The summed E-state index contributed by atoms with van der Waals surface area (Å²) < 4.78 is 0. The Labute approximate surface area is 141 Å². The molecule has 2 fully saturated rings. The van der Waals surface area contributed by atoms with E-state index < -0.39 is 0 Å². The summed E-state index contributed by atoms with van der Waals surface area (Å²) >= 11 is 1.67. The van der Waals surface area contributed by atoms with E-state index in [2.05, 4.69) is 19.2 Å². The highest BCUT2D eigenvalue weighted by Crippen LogP contribution is 2.34. The number of thiazole rings is 1. The maximum absolute atomic E-state index is 12.4. The van der Waals surface area contributed by atoms with E-state index >= 15 is 0 Å². The van der Waals surface area contributed by atoms with Crippen LogP contribution in [0.15, 0.2) is 5.38 Å². The van der Waals surface area contributed by atoms with Crippen molar-refractivity contribution in [3.8, 4) is 0 Å². The zero-order valence-corrected chi connectivity index (χ0v) is 14.7. The van der Waals surface area contributed by atoms with Crippen LogP contribution < -0.4 is 5.32 Å². The van der Waals surface area contributed by atoms with Crippen LogP contribution in [0, 0.1) is 5.92 Å². The van der Waals surface area contributed by atoms with E-state index in [1.165, 1.54) is 42.0 Å². The molecular weight excluding hydrogens is 310 g/mol. The quantitative estimate of drug-likeness (QED) is 0.835. The largest absolute Gasteiger partial charge is 0.326 e. The molecule has 2 aliphatic rings. The normalized spacial score (nSPS) is 22.9. The smallest absolute Gasteiger partial charge is 0.325 e. The number of hydrogen-bond donors (Lipinski definition) is 1. The molecule has 1 aromatic heterocycles. The van der Waals surface area contributed by atoms with Crippen molar-refractivity contribution >= 4 is 23.3 Å². The van der Waals surface area contributed by atoms with E-state index in [4.69, 9.17) is 4.98 Å². The predicted octanol–water partition coefficient (Wildman–Crippen LogP) is 3.66. The van der Waals surface area contributed by atoms with Crippen LogP contribution in [0.25, 0.3) is 0 Å². The molecule has 126 valence electrons. The average molecular weight is 335 g/mol. The summed E-state index contributed by atoms with van der Waals surface area (Å²) in [6, 6.07) is -0.660. The van der Waals surface area contributed by atoms with Gasteiger partial charge in [-0.05, 0) is 25.2 Å². The Bertz CT molecular complexity index is 578. The molecular formula is C17H25N3O2S. The number of hydrogen-bond acceptors (Lipinski definition) is 4. The van der Waals surface area contributed by atoms with Crippen LogP contribution >= 0.6 is 11.3 Å². The van der Waals surface area contributed by atoms with Gasteiger partial charge in [0.15, 0.2) is 0 Å². The average Bonchev–Trinajstić information content (AvgIpc) is 3.09. The predicted molar refractivity (Wildman–Crippen MR) is 90.3 cm³/mol. The molecule has 1 aliphatic carbocycles. The van der Waals surface area contributed by atoms with Crippen molar-refractivity contribution in [2.45, 2.75) is 70.9 Å². The van der Waals surface area contributed by atoms with Crippen molar-refractivity contribution < 1.29 is 9.59 Å². The van der Waals surface area contributed by atoms with E-state index in [1.54, 1.807) is 11.3 Å². The Morgan fingerprint density at radius 2 is 2.04 bits per heavy atom. The fraction of sp³-hybridized carbons (Fsp3) is 0.706. The number of urea groups is 1. The number of imide groups is 1. The number of nitrogens with zero attached hydrogens (tertiary/aromatic N) is 2. The lowest BCUT2D eigenvalue weighted by atomic mass is 9.90. The molecule has 1 saturated carbocycles. The van der Waals surface area contributed by atoms with Gasteiger partial charge >= 0.3 is 6.03 Å². The Morgan fingerprint density at radius 1 is 1.30 bits per heavy atom. The summed E-state index contributed by atoms with van der Waals surface area (Å²) in [6.07, 6.45) is 7.01. The summed E-state index contributed by atoms with van der Waals surface area (Å²) in [5.41, 5.74) is 0.837. The third-order valence-electron chi connectivity index (χ3n) is 4.66. The van der Waals surface area contributed by atoms with E-state index in [0.717, 1.165) is 5.69 Å². The van der Waals surface area contributed by atoms with Crippen LogP contribution in [-0.2, 0) is 11.3 Å². The van der Waals surface area contributed by atoms with Gasteiger partial charge in [-0.25, -0.2) is 9.78 Å². The summed E-state index contributed by atoms with van der Waals surface area (Å²) in [4.78, 5) is 30.5. The second kappa shape index (κ2) is 6.99. The van der Waals surface area contributed by atoms with E-state index in [0.29, 0.717) is 24.8 Å². The summed E-state index contributed by atoms with van der Waals surface area (Å²) in [5.74, 6) is 0.830. The molecule has 0 spiro atoms. The van der Waals surface area contributed by atoms with Crippen molar-refractivity contribution in [1.29, 1.82) is 0 Å². The highest BCUT2D eigenvalue weighted by molar-refractivity contribution is 7.09. The van der Waals surface area contributed by atoms with Gasteiger partial charge in [0.2, 0.25) is 0 Å². The zero-order chi connectivity index (χ0) is 16.4. The first-order valence-corrected chi connectivity index (χ1v) is 9.48. The maximum atomic E-state index is 12.4. The highest BCUT2D eigenvalue weighted by atomic mass is 32.1. The topological polar surface area (TPSA) is 62.3 Å². The molecule has 0 aromatic carbocycles. The van der Waals surface area contributed by atoms with Crippen molar-refractivity contribution in [3.63, 3.8) is 0 Å². The molecule has 3 amide bonds. The van der Waals surface area contributed by atoms with Crippen molar-refractivity contribution in [3.05, 3.63) is 16.1 Å². The summed E-state index contributed by atoms with van der Waals surface area (Å²) in [5, 5.41) is 5.96. The molecule has 5 nitrogen and oxygen atoms in total. The molecule has 1 saturated heterocycles. The first-order valence-electron chi connectivity index (χ1n) is 8.60. The molecule has 3 rings (SSSR count). The minimum Gasteiger partial charge on any atom is -0.326 e. The molecule has 0 radical (unpaired) electrons. The van der Waals surface area contributed by atoms with Crippen molar-refractivity contribution in [2.75, 3.05) is 0 Å². The van der Waals surface area contributed by atoms with Gasteiger partial charge in [0.1, 0.15) is 6.04 Å². The maximum Gasteiger partial charge on any atom is 0.325 e. The molecule has 23 heavy (non-hydrogen) atoms. The molecule has 0 bridgehead atoms. The van der Waals surface area contributed by atoms with Gasteiger partial charge in [0.25, 0.3) is 5.91 Å². The van der Waals surface area contributed by atoms with Crippen LogP contribution in [-0.4, -0.2) is 27.9 Å². The first kappa shape index (κ1) is 16.4. The Kier molecular flexibility index (Phi) is 4.99. The lowest BCUT2D eigenvalue weighted by molar-refractivity contribution is -0.128. The standard InChI is InChI=1S/C17H25N3O2S/c1-11(2)8-14-16(21)20(17(22)19-14)9-13-10-23-15(18-13)12-6-4-3-5-7-12/h10-12,14H,3-9H2,1-2H3,(H,19,22)/t14-/m0/s1. The molecule has 1 atom stereocenters. The lowest BCUT2D eigenvalue weighted by Crippen LogP contribution is -2.31. The molecule has 0 unspecified atom stereocenters. The van der Waals surface area contributed by atoms with Crippen LogP contribution in [0.4, 0.5) is 4.79 Å². The van der Waals surface area contributed by atoms with E-state index in [-0.39, 0.29) is 18.0 Å². The third-order valence-corrected chi connectivity index (χ3v) is 5.71. The first-order chi connectivity index (χ1) is 11.0.